The lowest BCUT2D eigenvalue weighted by atomic mass is 9.99. The molecule has 0 atom stereocenters. The first-order valence-corrected chi connectivity index (χ1v) is 11.1. The normalized spacial score (nSPS) is 10.4. The highest BCUT2D eigenvalue weighted by molar-refractivity contribution is 6.01. The van der Waals surface area contributed by atoms with Crippen molar-refractivity contribution in [2.75, 3.05) is 49.7 Å². The molecule has 0 unspecified atom stereocenters. The van der Waals surface area contributed by atoms with Gasteiger partial charge in [-0.1, -0.05) is 72.8 Å². The van der Waals surface area contributed by atoms with E-state index in [9.17, 15) is 10.2 Å². The van der Waals surface area contributed by atoms with Crippen LogP contribution >= 0.6 is 0 Å². The Morgan fingerprint density at radius 2 is 1.30 bits per heavy atom. The van der Waals surface area contributed by atoms with Gasteiger partial charge < -0.3 is 25.5 Å². The van der Waals surface area contributed by atoms with Crippen LogP contribution in [0.15, 0.2) is 91.1 Å². The van der Waals surface area contributed by atoms with Gasteiger partial charge in [-0.3, -0.25) is 0 Å². The number of hydrogen-bond acceptors (Lipinski definition) is 6. The summed E-state index contributed by atoms with van der Waals surface area (Å²) in [6.45, 7) is 1.47. The van der Waals surface area contributed by atoms with E-state index in [0.29, 0.717) is 19.6 Å². The molecule has 172 valence electrons. The van der Waals surface area contributed by atoms with Gasteiger partial charge in [-0.2, -0.15) is 0 Å². The van der Waals surface area contributed by atoms with Gasteiger partial charge in [-0.15, -0.1) is 0 Å². The summed E-state index contributed by atoms with van der Waals surface area (Å²) in [5.41, 5.74) is 2.94. The van der Waals surface area contributed by atoms with Crippen molar-refractivity contribution >= 4 is 22.3 Å². The summed E-state index contributed by atoms with van der Waals surface area (Å²) in [7, 11) is 0. The number of anilines is 2. The maximum absolute atomic E-state index is 9.23. The van der Waals surface area contributed by atoms with Crippen LogP contribution in [0.5, 0.6) is 0 Å². The van der Waals surface area contributed by atoms with E-state index in [1.807, 2.05) is 90.0 Å². The Balaban J connectivity index is 0.000000442. The predicted molar refractivity (Wildman–Crippen MR) is 136 cm³/mol. The summed E-state index contributed by atoms with van der Waals surface area (Å²) in [5, 5.41) is 33.0. The van der Waals surface area contributed by atoms with Gasteiger partial charge in [-0.05, 0) is 23.1 Å². The van der Waals surface area contributed by atoms with Gasteiger partial charge >= 0.3 is 0 Å². The zero-order valence-corrected chi connectivity index (χ0v) is 18.6. The van der Waals surface area contributed by atoms with Crippen LogP contribution in [0, 0.1) is 0 Å². The van der Waals surface area contributed by atoms with Gasteiger partial charge in [0.25, 0.3) is 0 Å². The first-order chi connectivity index (χ1) is 16.3. The summed E-state index contributed by atoms with van der Waals surface area (Å²) in [6, 6.07) is 28.1. The van der Waals surface area contributed by atoms with E-state index in [1.54, 1.807) is 0 Å². The third-order valence-electron chi connectivity index (χ3n) is 5.13. The van der Waals surface area contributed by atoms with Crippen molar-refractivity contribution < 1.29 is 15.3 Å². The fourth-order valence-corrected chi connectivity index (χ4v) is 3.60. The number of hydrogen-bond donors (Lipinski definition) is 4. The first-order valence-electron chi connectivity index (χ1n) is 11.1. The van der Waals surface area contributed by atoms with Crippen LogP contribution in [0.1, 0.15) is 0 Å². The molecule has 4 rings (SSSR count). The molecule has 0 aliphatic rings. The minimum atomic E-state index is 0.0319. The van der Waals surface area contributed by atoms with E-state index in [2.05, 4.69) is 16.4 Å². The summed E-state index contributed by atoms with van der Waals surface area (Å²) >= 11 is 0. The second kappa shape index (κ2) is 13.2. The van der Waals surface area contributed by atoms with Gasteiger partial charge in [0.2, 0.25) is 0 Å². The van der Waals surface area contributed by atoms with Crippen LogP contribution in [-0.4, -0.2) is 59.8 Å². The molecular weight excluding hydrogens is 414 g/mol. The summed E-state index contributed by atoms with van der Waals surface area (Å²) < 4.78 is 0. The number of aliphatic hydroxyl groups is 3. The minimum Gasteiger partial charge on any atom is -0.395 e. The quantitative estimate of drug-likeness (QED) is 0.314. The van der Waals surface area contributed by atoms with Crippen LogP contribution in [0.2, 0.25) is 0 Å². The Morgan fingerprint density at radius 1 is 0.697 bits per heavy atom. The van der Waals surface area contributed by atoms with Crippen molar-refractivity contribution in [3.05, 3.63) is 91.1 Å². The molecule has 6 nitrogen and oxygen atoms in total. The third kappa shape index (κ3) is 6.76. The van der Waals surface area contributed by atoms with Crippen LogP contribution < -0.4 is 10.2 Å². The maximum atomic E-state index is 9.23. The molecule has 4 N–H and O–H groups in total. The molecule has 0 aliphatic heterocycles. The molecule has 1 aromatic heterocycles. The Labute approximate surface area is 194 Å². The SMILES string of the molecule is OCCNc1ncc2ccccc2c1-c1ccc(N(CCO)CCO)cc1.c1ccccc1. The van der Waals surface area contributed by atoms with Crippen molar-refractivity contribution in [2.24, 2.45) is 0 Å². The topological polar surface area (TPSA) is 88.9 Å². The number of aromatic nitrogens is 1. The number of pyridine rings is 1. The highest BCUT2D eigenvalue weighted by atomic mass is 16.3. The third-order valence-corrected chi connectivity index (χ3v) is 5.13. The van der Waals surface area contributed by atoms with E-state index in [1.165, 1.54) is 0 Å². The Morgan fingerprint density at radius 3 is 1.88 bits per heavy atom. The molecule has 4 aromatic rings. The molecule has 6 heteroatoms. The highest BCUT2D eigenvalue weighted by Gasteiger charge is 2.12. The molecule has 0 aliphatic carbocycles. The molecule has 0 saturated carbocycles. The number of benzene rings is 3. The maximum Gasteiger partial charge on any atom is 0.134 e. The van der Waals surface area contributed by atoms with Gasteiger partial charge in [0, 0.05) is 42.5 Å². The largest absolute Gasteiger partial charge is 0.395 e. The van der Waals surface area contributed by atoms with E-state index in [-0.39, 0.29) is 19.8 Å². The van der Waals surface area contributed by atoms with Crippen LogP contribution in [0.3, 0.4) is 0 Å². The molecular formula is C27H31N3O3. The average Bonchev–Trinajstić information content (AvgIpc) is 2.88. The molecule has 1 heterocycles. The Bertz CT molecular complexity index is 1060. The Hall–Kier alpha value is -3.45. The average molecular weight is 446 g/mol. The molecule has 3 aromatic carbocycles. The van der Waals surface area contributed by atoms with Crippen molar-refractivity contribution in [3.8, 4) is 11.1 Å². The fraction of sp³-hybridized carbons (Fsp3) is 0.222. The lowest BCUT2D eigenvalue weighted by Crippen LogP contribution is -2.29. The monoisotopic (exact) mass is 445 g/mol. The number of aliphatic hydroxyl groups excluding tert-OH is 3. The van der Waals surface area contributed by atoms with E-state index >= 15 is 0 Å². The van der Waals surface area contributed by atoms with Gasteiger partial charge in [-0.25, -0.2) is 4.98 Å². The highest BCUT2D eigenvalue weighted by Crippen LogP contribution is 2.34. The first kappa shape index (κ1) is 24.2. The molecule has 0 fully saturated rings. The lowest BCUT2D eigenvalue weighted by molar-refractivity contribution is 0.281. The molecule has 0 spiro atoms. The predicted octanol–water partition coefficient (Wildman–Crippen LogP) is 3.78. The second-order valence-corrected chi connectivity index (χ2v) is 7.36. The van der Waals surface area contributed by atoms with Crippen molar-refractivity contribution in [3.63, 3.8) is 0 Å². The molecule has 0 bridgehead atoms. The van der Waals surface area contributed by atoms with Gasteiger partial charge in [0.15, 0.2) is 0 Å². The fourth-order valence-electron chi connectivity index (χ4n) is 3.60. The molecule has 0 radical (unpaired) electrons. The van der Waals surface area contributed by atoms with Crippen LogP contribution in [0.25, 0.3) is 21.9 Å². The second-order valence-electron chi connectivity index (χ2n) is 7.36. The summed E-state index contributed by atoms with van der Waals surface area (Å²) in [4.78, 5) is 6.48. The number of rotatable bonds is 9. The standard InChI is InChI=1S/C21H25N3O3.C6H6/c25-12-9-22-21-20(19-4-2-1-3-17(19)15-23-21)16-5-7-18(8-6-16)24(10-13-26)11-14-27;1-2-4-6-5-3-1/h1-8,15,25-27H,9-14H2,(H,22,23);1-6H. The minimum absolute atomic E-state index is 0.0319. The smallest absolute Gasteiger partial charge is 0.134 e. The number of nitrogens with zero attached hydrogens (tertiary/aromatic N) is 2. The van der Waals surface area contributed by atoms with Crippen molar-refractivity contribution in [1.82, 2.24) is 4.98 Å². The summed E-state index contributed by atoms with van der Waals surface area (Å²) in [5.74, 6) is 0.734. The molecule has 0 saturated heterocycles. The summed E-state index contributed by atoms with van der Waals surface area (Å²) in [6.07, 6.45) is 1.83. The van der Waals surface area contributed by atoms with Crippen molar-refractivity contribution in [1.29, 1.82) is 0 Å². The van der Waals surface area contributed by atoms with Gasteiger partial charge in [0.05, 0.1) is 19.8 Å². The number of fused-ring (bicyclic) bond motifs is 1. The Kier molecular flexibility index (Phi) is 9.66. The lowest BCUT2D eigenvalue weighted by Gasteiger charge is -2.23. The van der Waals surface area contributed by atoms with Crippen molar-refractivity contribution in [2.45, 2.75) is 0 Å². The van der Waals surface area contributed by atoms with E-state index in [4.69, 9.17) is 5.11 Å². The molecule has 0 amide bonds. The zero-order chi connectivity index (χ0) is 23.3. The van der Waals surface area contributed by atoms with Gasteiger partial charge in [0.1, 0.15) is 5.82 Å². The van der Waals surface area contributed by atoms with E-state index < -0.39 is 0 Å². The van der Waals surface area contributed by atoms with Crippen LogP contribution in [-0.2, 0) is 0 Å². The van der Waals surface area contributed by atoms with Crippen LogP contribution in [0.4, 0.5) is 11.5 Å². The molecule has 33 heavy (non-hydrogen) atoms. The zero-order valence-electron chi connectivity index (χ0n) is 18.6. The number of nitrogens with one attached hydrogen (secondary N) is 1. The van der Waals surface area contributed by atoms with E-state index in [0.717, 1.165) is 33.4 Å².